The third kappa shape index (κ3) is 9.93. The molecule has 0 heterocycles. The number of hydrogen-bond acceptors (Lipinski definition) is 3. The lowest BCUT2D eigenvalue weighted by molar-refractivity contribution is -0.122. The first-order valence-corrected chi connectivity index (χ1v) is 5.97. The topological polar surface area (TPSA) is 50.4 Å². The molecule has 0 aromatic rings. The Morgan fingerprint density at radius 2 is 2.00 bits per heavy atom. The monoisotopic (exact) mass is 230 g/mol. The lowest BCUT2D eigenvalue weighted by Crippen LogP contribution is -2.41. The van der Waals surface area contributed by atoms with Gasteiger partial charge in [-0.05, 0) is 34.6 Å². The zero-order valence-corrected chi connectivity index (χ0v) is 11.2. The van der Waals surface area contributed by atoms with Gasteiger partial charge in [-0.25, -0.2) is 0 Å². The second kappa shape index (κ2) is 7.63. The van der Waals surface area contributed by atoms with Crippen molar-refractivity contribution in [2.75, 3.05) is 19.8 Å². The molecule has 0 rings (SSSR count). The van der Waals surface area contributed by atoms with E-state index in [1.54, 1.807) is 0 Å². The second-order valence-corrected chi connectivity index (χ2v) is 5.05. The molecule has 0 aliphatic carbocycles. The highest BCUT2D eigenvalue weighted by molar-refractivity contribution is 5.76. The summed E-state index contributed by atoms with van der Waals surface area (Å²) in [4.78, 5) is 11.5. The van der Waals surface area contributed by atoms with Crippen molar-refractivity contribution in [3.63, 3.8) is 0 Å². The standard InChI is InChI=1S/C12H26N2O2/c1-6-16-9-10(2)14-11(15)7-8-13-12(3,4)5/h10,13H,6-9H2,1-5H3,(H,14,15). The highest BCUT2D eigenvalue weighted by Crippen LogP contribution is 1.98. The molecule has 0 aromatic heterocycles. The van der Waals surface area contributed by atoms with Gasteiger partial charge in [-0.2, -0.15) is 0 Å². The van der Waals surface area contributed by atoms with E-state index in [-0.39, 0.29) is 17.5 Å². The maximum absolute atomic E-state index is 11.5. The van der Waals surface area contributed by atoms with Crippen LogP contribution in [-0.4, -0.2) is 37.2 Å². The summed E-state index contributed by atoms with van der Waals surface area (Å²) in [6.45, 7) is 12.1. The zero-order chi connectivity index (χ0) is 12.6. The molecular weight excluding hydrogens is 204 g/mol. The summed E-state index contributed by atoms with van der Waals surface area (Å²) in [5.41, 5.74) is 0.0667. The van der Waals surface area contributed by atoms with Crippen molar-refractivity contribution in [2.24, 2.45) is 0 Å². The quantitative estimate of drug-likeness (QED) is 0.693. The number of rotatable bonds is 7. The zero-order valence-electron chi connectivity index (χ0n) is 11.2. The summed E-state index contributed by atoms with van der Waals surface area (Å²) in [5.74, 6) is 0.0731. The molecule has 1 atom stereocenters. The third-order valence-electron chi connectivity index (χ3n) is 1.99. The van der Waals surface area contributed by atoms with Crippen LogP contribution in [0.15, 0.2) is 0 Å². The van der Waals surface area contributed by atoms with Gasteiger partial charge in [0.05, 0.1) is 6.61 Å². The smallest absolute Gasteiger partial charge is 0.221 e. The highest BCUT2D eigenvalue weighted by Gasteiger charge is 2.10. The molecule has 0 aliphatic rings. The first-order valence-electron chi connectivity index (χ1n) is 5.97. The van der Waals surface area contributed by atoms with Crippen LogP contribution in [0.1, 0.15) is 41.0 Å². The Morgan fingerprint density at radius 3 is 2.50 bits per heavy atom. The van der Waals surface area contributed by atoms with E-state index < -0.39 is 0 Å². The van der Waals surface area contributed by atoms with Crippen LogP contribution in [-0.2, 0) is 9.53 Å². The summed E-state index contributed by atoms with van der Waals surface area (Å²) < 4.78 is 5.22. The van der Waals surface area contributed by atoms with Crippen LogP contribution in [0, 0.1) is 0 Å². The van der Waals surface area contributed by atoms with Gasteiger partial charge in [-0.15, -0.1) is 0 Å². The van der Waals surface area contributed by atoms with Gasteiger partial charge >= 0.3 is 0 Å². The molecule has 4 nitrogen and oxygen atoms in total. The van der Waals surface area contributed by atoms with Crippen LogP contribution in [0.25, 0.3) is 0 Å². The largest absolute Gasteiger partial charge is 0.380 e. The maximum atomic E-state index is 11.5. The molecule has 0 aromatic carbocycles. The van der Waals surface area contributed by atoms with Crippen molar-refractivity contribution < 1.29 is 9.53 Å². The fourth-order valence-electron chi connectivity index (χ4n) is 1.23. The summed E-state index contributed by atoms with van der Waals surface area (Å²) in [6, 6.07) is 0.0853. The van der Waals surface area contributed by atoms with Gasteiger partial charge in [0, 0.05) is 31.2 Å². The van der Waals surface area contributed by atoms with Crippen LogP contribution in [0.4, 0.5) is 0 Å². The van der Waals surface area contributed by atoms with E-state index in [9.17, 15) is 4.79 Å². The number of ether oxygens (including phenoxy) is 1. The molecule has 2 N–H and O–H groups in total. The number of carbonyl (C=O) groups is 1. The van der Waals surface area contributed by atoms with Crippen molar-refractivity contribution >= 4 is 5.91 Å². The van der Waals surface area contributed by atoms with Crippen LogP contribution in [0.3, 0.4) is 0 Å². The van der Waals surface area contributed by atoms with E-state index in [1.165, 1.54) is 0 Å². The number of hydrogen-bond donors (Lipinski definition) is 2. The van der Waals surface area contributed by atoms with Crippen molar-refractivity contribution in [3.8, 4) is 0 Å². The van der Waals surface area contributed by atoms with Gasteiger partial charge in [-0.1, -0.05) is 0 Å². The molecule has 16 heavy (non-hydrogen) atoms. The van der Waals surface area contributed by atoms with E-state index in [1.807, 2.05) is 13.8 Å². The average Bonchev–Trinajstić information content (AvgIpc) is 2.12. The molecule has 96 valence electrons. The van der Waals surface area contributed by atoms with Gasteiger partial charge in [0.15, 0.2) is 0 Å². The summed E-state index contributed by atoms with van der Waals surface area (Å²) >= 11 is 0. The Labute approximate surface area is 99.1 Å². The minimum atomic E-state index is 0.0667. The number of nitrogens with one attached hydrogen (secondary N) is 2. The van der Waals surface area contributed by atoms with Crippen molar-refractivity contribution in [3.05, 3.63) is 0 Å². The predicted molar refractivity (Wildman–Crippen MR) is 66.5 cm³/mol. The average molecular weight is 230 g/mol. The summed E-state index contributed by atoms with van der Waals surface area (Å²) in [6.07, 6.45) is 0.508. The summed E-state index contributed by atoms with van der Waals surface area (Å²) in [5, 5.41) is 6.17. The molecule has 0 saturated carbocycles. The summed E-state index contributed by atoms with van der Waals surface area (Å²) in [7, 11) is 0. The van der Waals surface area contributed by atoms with Crippen LogP contribution >= 0.6 is 0 Å². The molecule has 4 heteroatoms. The minimum Gasteiger partial charge on any atom is -0.380 e. The molecule has 1 amide bonds. The molecule has 1 unspecified atom stereocenters. The normalized spacial score (nSPS) is 13.6. The molecule has 0 spiro atoms. The molecule has 0 radical (unpaired) electrons. The highest BCUT2D eigenvalue weighted by atomic mass is 16.5. The van der Waals surface area contributed by atoms with Gasteiger partial charge in [0.2, 0.25) is 5.91 Å². The van der Waals surface area contributed by atoms with Crippen molar-refractivity contribution in [2.45, 2.75) is 52.6 Å². The maximum Gasteiger partial charge on any atom is 0.221 e. The van der Waals surface area contributed by atoms with Crippen LogP contribution in [0.2, 0.25) is 0 Å². The lowest BCUT2D eigenvalue weighted by atomic mass is 10.1. The van der Waals surface area contributed by atoms with E-state index in [0.29, 0.717) is 26.2 Å². The third-order valence-corrected chi connectivity index (χ3v) is 1.99. The number of carbonyl (C=O) groups excluding carboxylic acids is 1. The predicted octanol–water partition coefficient (Wildman–Crippen LogP) is 1.31. The Morgan fingerprint density at radius 1 is 1.38 bits per heavy atom. The van der Waals surface area contributed by atoms with E-state index in [2.05, 4.69) is 31.4 Å². The first kappa shape index (κ1) is 15.4. The Hall–Kier alpha value is -0.610. The molecule has 0 fully saturated rings. The van der Waals surface area contributed by atoms with E-state index in [0.717, 1.165) is 0 Å². The lowest BCUT2D eigenvalue weighted by Gasteiger charge is -2.20. The van der Waals surface area contributed by atoms with E-state index in [4.69, 9.17) is 4.74 Å². The molecule has 0 bridgehead atoms. The van der Waals surface area contributed by atoms with Crippen molar-refractivity contribution in [1.82, 2.24) is 10.6 Å². The van der Waals surface area contributed by atoms with Gasteiger partial charge in [0.1, 0.15) is 0 Å². The van der Waals surface area contributed by atoms with Gasteiger partial charge in [0.25, 0.3) is 0 Å². The Bertz CT molecular complexity index is 200. The van der Waals surface area contributed by atoms with E-state index >= 15 is 0 Å². The molecular formula is C12H26N2O2. The van der Waals surface area contributed by atoms with Gasteiger partial charge < -0.3 is 15.4 Å². The number of amides is 1. The Kier molecular flexibility index (Phi) is 7.34. The van der Waals surface area contributed by atoms with Crippen LogP contribution in [0.5, 0.6) is 0 Å². The second-order valence-electron chi connectivity index (χ2n) is 5.05. The SMILES string of the molecule is CCOCC(C)NC(=O)CCNC(C)(C)C. The molecule has 0 saturated heterocycles. The fraction of sp³-hybridized carbons (Fsp3) is 0.917. The fourth-order valence-corrected chi connectivity index (χ4v) is 1.23. The van der Waals surface area contributed by atoms with Gasteiger partial charge in [-0.3, -0.25) is 4.79 Å². The first-order chi connectivity index (χ1) is 7.35. The molecule has 0 aliphatic heterocycles. The van der Waals surface area contributed by atoms with Crippen LogP contribution < -0.4 is 10.6 Å². The minimum absolute atomic E-state index is 0.0667. The van der Waals surface area contributed by atoms with Crippen molar-refractivity contribution in [1.29, 1.82) is 0 Å². The Balaban J connectivity index is 3.58.